The second-order valence-electron chi connectivity index (χ2n) is 6.04. The van der Waals surface area contributed by atoms with E-state index in [9.17, 15) is 8.42 Å². The molecular formula is C17H24N4O3S. The molecule has 0 atom stereocenters. The van der Waals surface area contributed by atoms with E-state index in [-0.39, 0.29) is 4.90 Å². The Morgan fingerprint density at radius 1 is 1.16 bits per heavy atom. The van der Waals surface area contributed by atoms with E-state index in [1.54, 1.807) is 20.2 Å². The number of rotatable bonds is 5. The van der Waals surface area contributed by atoms with Gasteiger partial charge in [-0.25, -0.2) is 8.42 Å². The van der Waals surface area contributed by atoms with E-state index in [1.807, 2.05) is 31.2 Å². The average Bonchev–Trinajstić information content (AvgIpc) is 2.95. The molecule has 2 aromatic rings. The Bertz CT molecular complexity index is 839. The van der Waals surface area contributed by atoms with Crippen LogP contribution >= 0.6 is 0 Å². The average molecular weight is 364 g/mol. The molecule has 0 amide bonds. The van der Waals surface area contributed by atoms with Crippen molar-refractivity contribution in [3.8, 4) is 5.75 Å². The summed E-state index contributed by atoms with van der Waals surface area (Å²) in [6.07, 6.45) is 1.57. The highest BCUT2D eigenvalue weighted by atomic mass is 32.2. The Morgan fingerprint density at radius 2 is 1.84 bits per heavy atom. The number of hydrogen-bond acceptors (Lipinski definition) is 5. The number of ether oxygens (including phenoxy) is 1. The summed E-state index contributed by atoms with van der Waals surface area (Å²) in [6, 6.07) is 7.88. The number of para-hydroxylation sites is 2. The van der Waals surface area contributed by atoms with Crippen LogP contribution in [0.2, 0.25) is 0 Å². The quantitative estimate of drug-likeness (QED) is 0.807. The number of aryl methyl sites for hydroxylation is 2. The molecule has 0 spiro atoms. The van der Waals surface area contributed by atoms with Gasteiger partial charge in [-0.2, -0.15) is 9.40 Å². The minimum atomic E-state index is -3.51. The van der Waals surface area contributed by atoms with Crippen LogP contribution in [-0.4, -0.2) is 55.3 Å². The highest BCUT2D eigenvalue weighted by Gasteiger charge is 2.31. The molecular weight excluding hydrogens is 340 g/mol. The van der Waals surface area contributed by atoms with Gasteiger partial charge in [0, 0.05) is 39.4 Å². The summed E-state index contributed by atoms with van der Waals surface area (Å²) in [5.41, 5.74) is 1.55. The summed E-state index contributed by atoms with van der Waals surface area (Å²) in [5.74, 6) is 0.837. The smallest absolute Gasteiger partial charge is 0.246 e. The van der Waals surface area contributed by atoms with Gasteiger partial charge in [0.1, 0.15) is 10.6 Å². The first kappa shape index (κ1) is 17.8. The zero-order chi connectivity index (χ0) is 18.0. The molecule has 0 aliphatic carbocycles. The van der Waals surface area contributed by atoms with Gasteiger partial charge in [0.2, 0.25) is 10.0 Å². The van der Waals surface area contributed by atoms with E-state index in [4.69, 9.17) is 4.74 Å². The number of anilines is 1. The van der Waals surface area contributed by atoms with Crippen molar-refractivity contribution >= 4 is 15.7 Å². The molecule has 7 nitrogen and oxygen atoms in total. The maximum Gasteiger partial charge on any atom is 0.246 e. The van der Waals surface area contributed by atoms with Gasteiger partial charge in [0.25, 0.3) is 0 Å². The highest BCUT2D eigenvalue weighted by Crippen LogP contribution is 2.30. The first-order valence-corrected chi connectivity index (χ1v) is 9.84. The Morgan fingerprint density at radius 3 is 2.44 bits per heavy atom. The molecule has 1 saturated heterocycles. The van der Waals surface area contributed by atoms with Gasteiger partial charge < -0.3 is 9.64 Å². The zero-order valence-electron chi connectivity index (χ0n) is 14.8. The fraction of sp³-hybridized carbons (Fsp3) is 0.471. The summed E-state index contributed by atoms with van der Waals surface area (Å²) in [5, 5.41) is 4.15. The lowest BCUT2D eigenvalue weighted by molar-refractivity contribution is 0.337. The van der Waals surface area contributed by atoms with Gasteiger partial charge in [-0.05, 0) is 26.0 Å². The topological polar surface area (TPSA) is 67.7 Å². The summed E-state index contributed by atoms with van der Waals surface area (Å²) in [4.78, 5) is 2.46. The zero-order valence-corrected chi connectivity index (χ0v) is 15.7. The predicted octanol–water partition coefficient (Wildman–Crippen LogP) is 1.64. The Kier molecular flexibility index (Phi) is 5.01. The number of aromatic nitrogens is 2. The van der Waals surface area contributed by atoms with E-state index in [0.29, 0.717) is 38.5 Å². The van der Waals surface area contributed by atoms with E-state index in [0.717, 1.165) is 11.4 Å². The molecule has 0 N–H and O–H groups in total. The normalized spacial score (nSPS) is 16.2. The first-order chi connectivity index (χ1) is 11.9. The number of benzene rings is 1. The van der Waals surface area contributed by atoms with Crippen LogP contribution in [0, 0.1) is 6.92 Å². The van der Waals surface area contributed by atoms with Gasteiger partial charge in [0.15, 0.2) is 0 Å². The van der Waals surface area contributed by atoms with Crippen LogP contribution in [-0.2, 0) is 17.1 Å². The largest absolute Gasteiger partial charge is 0.492 e. The molecule has 0 radical (unpaired) electrons. The van der Waals surface area contributed by atoms with Crippen LogP contribution in [0.5, 0.6) is 5.75 Å². The minimum absolute atomic E-state index is 0.290. The van der Waals surface area contributed by atoms with Gasteiger partial charge >= 0.3 is 0 Å². The van der Waals surface area contributed by atoms with Gasteiger partial charge in [-0.1, -0.05) is 12.1 Å². The van der Waals surface area contributed by atoms with Crippen molar-refractivity contribution in [2.24, 2.45) is 7.05 Å². The van der Waals surface area contributed by atoms with Crippen LogP contribution in [0.15, 0.2) is 35.4 Å². The molecule has 2 heterocycles. The molecule has 0 bridgehead atoms. The molecule has 1 fully saturated rings. The van der Waals surface area contributed by atoms with Crippen molar-refractivity contribution in [1.82, 2.24) is 14.1 Å². The molecule has 1 aromatic heterocycles. The van der Waals surface area contributed by atoms with E-state index in [2.05, 4.69) is 10.00 Å². The van der Waals surface area contributed by atoms with Crippen molar-refractivity contribution in [2.45, 2.75) is 18.7 Å². The molecule has 8 heteroatoms. The highest BCUT2D eigenvalue weighted by molar-refractivity contribution is 7.89. The van der Waals surface area contributed by atoms with Crippen molar-refractivity contribution in [3.05, 3.63) is 36.2 Å². The third-order valence-corrected chi connectivity index (χ3v) is 6.33. The molecule has 136 valence electrons. The Hall–Kier alpha value is -2.06. The number of nitrogens with zero attached hydrogens (tertiary/aromatic N) is 4. The number of hydrogen-bond donors (Lipinski definition) is 0. The monoisotopic (exact) mass is 364 g/mol. The molecule has 1 aliphatic rings. The molecule has 1 aliphatic heterocycles. The van der Waals surface area contributed by atoms with Crippen LogP contribution in [0.1, 0.15) is 12.6 Å². The van der Waals surface area contributed by atoms with Crippen LogP contribution in [0.25, 0.3) is 0 Å². The van der Waals surface area contributed by atoms with Gasteiger partial charge in [0.05, 0.1) is 18.0 Å². The van der Waals surface area contributed by atoms with Crippen LogP contribution in [0.4, 0.5) is 5.69 Å². The number of sulfonamides is 1. The van der Waals surface area contributed by atoms with E-state index >= 15 is 0 Å². The minimum Gasteiger partial charge on any atom is -0.492 e. The summed E-state index contributed by atoms with van der Waals surface area (Å²) >= 11 is 0. The van der Waals surface area contributed by atoms with Crippen molar-refractivity contribution in [2.75, 3.05) is 37.7 Å². The van der Waals surface area contributed by atoms with E-state index in [1.165, 1.54) is 8.99 Å². The maximum absolute atomic E-state index is 12.9. The lowest BCUT2D eigenvalue weighted by Crippen LogP contribution is -2.48. The predicted molar refractivity (Wildman–Crippen MR) is 96.5 cm³/mol. The first-order valence-electron chi connectivity index (χ1n) is 8.40. The molecule has 1 aromatic carbocycles. The molecule has 25 heavy (non-hydrogen) atoms. The van der Waals surface area contributed by atoms with Crippen molar-refractivity contribution in [1.29, 1.82) is 0 Å². The molecule has 3 rings (SSSR count). The van der Waals surface area contributed by atoms with Crippen molar-refractivity contribution < 1.29 is 13.2 Å². The summed E-state index contributed by atoms with van der Waals surface area (Å²) in [6.45, 7) is 6.42. The van der Waals surface area contributed by atoms with Gasteiger partial charge in [-0.3, -0.25) is 4.68 Å². The summed E-state index contributed by atoms with van der Waals surface area (Å²) < 4.78 is 34.5. The SMILES string of the molecule is CCOc1ccccc1N1CCN(S(=O)(=O)c2cn(C)nc2C)CC1. The third-order valence-electron chi connectivity index (χ3n) is 4.33. The van der Waals surface area contributed by atoms with Crippen LogP contribution in [0.3, 0.4) is 0 Å². The second-order valence-corrected chi connectivity index (χ2v) is 7.95. The fourth-order valence-corrected chi connectivity index (χ4v) is 4.76. The van der Waals surface area contributed by atoms with Crippen LogP contribution < -0.4 is 9.64 Å². The molecule has 0 unspecified atom stereocenters. The maximum atomic E-state index is 12.9. The second kappa shape index (κ2) is 7.05. The lowest BCUT2D eigenvalue weighted by Gasteiger charge is -2.35. The summed E-state index contributed by atoms with van der Waals surface area (Å²) in [7, 11) is -1.77. The Balaban J connectivity index is 1.75. The number of piperazine rings is 1. The van der Waals surface area contributed by atoms with Gasteiger partial charge in [-0.15, -0.1) is 0 Å². The van der Waals surface area contributed by atoms with E-state index < -0.39 is 10.0 Å². The molecule has 0 saturated carbocycles. The fourth-order valence-electron chi connectivity index (χ4n) is 3.14. The van der Waals surface area contributed by atoms with Crippen molar-refractivity contribution in [3.63, 3.8) is 0 Å². The standard InChI is InChI=1S/C17H24N4O3S/c1-4-24-16-8-6-5-7-15(16)20-9-11-21(12-10-20)25(22,23)17-13-19(3)18-14(17)2/h5-8,13H,4,9-12H2,1-3H3. The third kappa shape index (κ3) is 3.50. The Labute approximate surface area is 148 Å². The lowest BCUT2D eigenvalue weighted by atomic mass is 10.2.